The molecule has 0 saturated carbocycles. The van der Waals surface area contributed by atoms with E-state index in [9.17, 15) is 0 Å². The van der Waals surface area contributed by atoms with Crippen molar-refractivity contribution in [3.8, 4) is 5.75 Å². The van der Waals surface area contributed by atoms with Crippen molar-refractivity contribution in [1.29, 1.82) is 0 Å². The number of rotatable bonds is 4. The molecule has 1 unspecified atom stereocenters. The Kier molecular flexibility index (Phi) is 4.98. The minimum atomic E-state index is -0.196. The fraction of sp³-hybridized carbons (Fsp3) is 0.538. The first-order valence-corrected chi connectivity index (χ1v) is 6.40. The van der Waals surface area contributed by atoms with Crippen molar-refractivity contribution in [1.82, 2.24) is 5.48 Å². The molecular weight excluding hydrogens is 282 g/mol. The number of ether oxygens (including phenoxy) is 1. The molecule has 0 amide bonds. The molecule has 0 aliphatic rings. The number of benzene rings is 1. The van der Waals surface area contributed by atoms with Gasteiger partial charge >= 0.3 is 0 Å². The van der Waals surface area contributed by atoms with Gasteiger partial charge < -0.3 is 4.74 Å². The molecule has 0 aliphatic heterocycles. The van der Waals surface area contributed by atoms with Crippen LogP contribution in [0.3, 0.4) is 0 Å². The summed E-state index contributed by atoms with van der Waals surface area (Å²) in [6.07, 6.45) is 0. The molecule has 1 atom stereocenters. The summed E-state index contributed by atoms with van der Waals surface area (Å²) in [4.78, 5) is 5.55. The zero-order valence-electron chi connectivity index (χ0n) is 11.0. The second-order valence-electron chi connectivity index (χ2n) is 4.95. The fourth-order valence-corrected chi connectivity index (χ4v) is 1.84. The van der Waals surface area contributed by atoms with Crippen LogP contribution >= 0.6 is 15.9 Å². The van der Waals surface area contributed by atoms with Crippen LogP contribution in [0.2, 0.25) is 0 Å². The summed E-state index contributed by atoms with van der Waals surface area (Å²) in [7, 11) is 1.66. The topological polar surface area (TPSA) is 30.5 Å². The van der Waals surface area contributed by atoms with Gasteiger partial charge in [0.1, 0.15) is 5.75 Å². The van der Waals surface area contributed by atoms with Crippen LogP contribution in [-0.2, 0) is 4.84 Å². The molecule has 0 saturated heterocycles. The van der Waals surface area contributed by atoms with Crippen molar-refractivity contribution in [2.45, 2.75) is 39.3 Å². The van der Waals surface area contributed by atoms with E-state index in [-0.39, 0.29) is 11.6 Å². The highest BCUT2D eigenvalue weighted by Crippen LogP contribution is 2.28. The minimum absolute atomic E-state index is 0.122. The van der Waals surface area contributed by atoms with E-state index in [1.165, 1.54) is 0 Å². The Hall–Kier alpha value is -0.580. The average molecular weight is 302 g/mol. The first-order chi connectivity index (χ1) is 7.83. The minimum Gasteiger partial charge on any atom is -0.496 e. The van der Waals surface area contributed by atoms with Gasteiger partial charge in [-0.3, -0.25) is 4.84 Å². The second kappa shape index (κ2) is 5.85. The normalized spacial score (nSPS) is 13.5. The van der Waals surface area contributed by atoms with Gasteiger partial charge in [-0.15, -0.1) is 0 Å². The zero-order chi connectivity index (χ0) is 13.1. The first kappa shape index (κ1) is 14.5. The molecule has 0 spiro atoms. The summed E-state index contributed by atoms with van der Waals surface area (Å²) in [6, 6.07) is 6.11. The van der Waals surface area contributed by atoms with E-state index in [0.29, 0.717) is 0 Å². The number of hydrogen-bond acceptors (Lipinski definition) is 3. The van der Waals surface area contributed by atoms with Gasteiger partial charge in [0.05, 0.1) is 23.2 Å². The van der Waals surface area contributed by atoms with E-state index < -0.39 is 0 Å². The Labute approximate surface area is 112 Å². The predicted octanol–water partition coefficient (Wildman–Crippen LogP) is 3.84. The summed E-state index contributed by atoms with van der Waals surface area (Å²) in [5.74, 6) is 0.831. The van der Waals surface area contributed by atoms with Gasteiger partial charge in [0.15, 0.2) is 0 Å². The van der Waals surface area contributed by atoms with Gasteiger partial charge in [0.2, 0.25) is 0 Å². The lowest BCUT2D eigenvalue weighted by atomic mass is 10.1. The van der Waals surface area contributed by atoms with Gasteiger partial charge in [0, 0.05) is 0 Å². The predicted molar refractivity (Wildman–Crippen MR) is 73.1 cm³/mol. The summed E-state index contributed by atoms with van der Waals surface area (Å²) in [5, 5.41) is 0. The van der Waals surface area contributed by atoms with E-state index in [0.717, 1.165) is 15.8 Å². The molecule has 0 aliphatic carbocycles. The lowest BCUT2D eigenvalue weighted by Crippen LogP contribution is -2.30. The highest BCUT2D eigenvalue weighted by Gasteiger charge is 2.14. The molecule has 4 heteroatoms. The molecule has 0 radical (unpaired) electrons. The molecule has 0 bridgehead atoms. The summed E-state index contributed by atoms with van der Waals surface area (Å²) in [6.45, 7) is 8.09. The third kappa shape index (κ3) is 4.66. The van der Waals surface area contributed by atoms with Crippen molar-refractivity contribution in [2.24, 2.45) is 0 Å². The van der Waals surface area contributed by atoms with Crippen molar-refractivity contribution >= 4 is 15.9 Å². The Morgan fingerprint density at radius 2 is 1.94 bits per heavy atom. The smallest absolute Gasteiger partial charge is 0.133 e. The maximum Gasteiger partial charge on any atom is 0.133 e. The van der Waals surface area contributed by atoms with E-state index in [1.54, 1.807) is 7.11 Å². The van der Waals surface area contributed by atoms with Crippen molar-refractivity contribution in [3.63, 3.8) is 0 Å². The van der Waals surface area contributed by atoms with E-state index in [4.69, 9.17) is 9.57 Å². The summed E-state index contributed by atoms with van der Waals surface area (Å²) in [5.41, 5.74) is 3.99. The molecule has 1 N–H and O–H groups in total. The molecule has 17 heavy (non-hydrogen) atoms. The molecule has 0 aromatic heterocycles. The largest absolute Gasteiger partial charge is 0.496 e. The molecule has 96 valence electrons. The molecule has 1 aromatic carbocycles. The van der Waals surface area contributed by atoms with Gasteiger partial charge in [0.25, 0.3) is 0 Å². The zero-order valence-corrected chi connectivity index (χ0v) is 12.6. The van der Waals surface area contributed by atoms with Crippen molar-refractivity contribution < 1.29 is 9.57 Å². The highest BCUT2D eigenvalue weighted by atomic mass is 79.9. The Morgan fingerprint density at radius 1 is 1.29 bits per heavy atom. The Bertz CT molecular complexity index is 374. The van der Waals surface area contributed by atoms with Crippen molar-refractivity contribution in [3.05, 3.63) is 28.2 Å². The Balaban J connectivity index is 2.69. The molecule has 0 heterocycles. The second-order valence-corrected chi connectivity index (χ2v) is 5.80. The van der Waals surface area contributed by atoms with E-state index in [1.807, 2.05) is 39.0 Å². The quantitative estimate of drug-likeness (QED) is 0.857. The lowest BCUT2D eigenvalue weighted by molar-refractivity contribution is -0.0866. The van der Waals surface area contributed by atoms with Crippen LogP contribution in [0.1, 0.15) is 39.3 Å². The van der Waals surface area contributed by atoms with E-state index in [2.05, 4.69) is 28.3 Å². The number of hydrogen-bond donors (Lipinski definition) is 1. The average Bonchev–Trinajstić information content (AvgIpc) is 2.24. The lowest BCUT2D eigenvalue weighted by Gasteiger charge is -2.23. The first-order valence-electron chi connectivity index (χ1n) is 5.60. The maximum atomic E-state index is 5.55. The monoisotopic (exact) mass is 301 g/mol. The van der Waals surface area contributed by atoms with Crippen LogP contribution in [0.25, 0.3) is 0 Å². The molecule has 3 nitrogen and oxygen atoms in total. The number of halogens is 1. The number of nitrogens with one attached hydrogen (secondary N) is 1. The standard InChI is InChI=1S/C13H20BrNO2/c1-9(15-17-13(2,3)4)10-6-7-12(16-5)11(14)8-10/h6-9,15H,1-5H3. The number of hydroxylamine groups is 1. The number of methoxy groups -OCH3 is 1. The Morgan fingerprint density at radius 3 is 2.41 bits per heavy atom. The van der Waals surface area contributed by atoms with Gasteiger partial charge in [-0.2, -0.15) is 5.48 Å². The van der Waals surface area contributed by atoms with Crippen LogP contribution in [0, 0.1) is 0 Å². The summed E-state index contributed by atoms with van der Waals surface area (Å²) >= 11 is 3.47. The van der Waals surface area contributed by atoms with Crippen LogP contribution in [-0.4, -0.2) is 12.7 Å². The molecular formula is C13H20BrNO2. The van der Waals surface area contributed by atoms with Gasteiger partial charge in [-0.1, -0.05) is 6.07 Å². The fourth-order valence-electron chi connectivity index (χ4n) is 1.29. The van der Waals surface area contributed by atoms with Crippen molar-refractivity contribution in [2.75, 3.05) is 7.11 Å². The summed E-state index contributed by atoms with van der Waals surface area (Å²) < 4.78 is 6.14. The van der Waals surface area contributed by atoms with Gasteiger partial charge in [-0.05, 0) is 61.3 Å². The van der Waals surface area contributed by atoms with Gasteiger partial charge in [-0.25, -0.2) is 0 Å². The third-order valence-electron chi connectivity index (χ3n) is 2.22. The molecule has 1 aromatic rings. The maximum absolute atomic E-state index is 5.55. The van der Waals surface area contributed by atoms with E-state index >= 15 is 0 Å². The third-order valence-corrected chi connectivity index (χ3v) is 2.84. The highest BCUT2D eigenvalue weighted by molar-refractivity contribution is 9.10. The van der Waals surface area contributed by atoms with Crippen LogP contribution in [0.5, 0.6) is 5.75 Å². The van der Waals surface area contributed by atoms with Crippen LogP contribution in [0.15, 0.2) is 22.7 Å². The SMILES string of the molecule is COc1ccc(C(C)NOC(C)(C)C)cc1Br. The molecule has 0 fully saturated rings. The van der Waals surface area contributed by atoms with Crippen LogP contribution in [0.4, 0.5) is 0 Å². The molecule has 1 rings (SSSR count). The van der Waals surface area contributed by atoms with Crippen LogP contribution < -0.4 is 10.2 Å².